The molecule has 1 aliphatic carbocycles. The summed E-state index contributed by atoms with van der Waals surface area (Å²) in [6.45, 7) is 1.63. The summed E-state index contributed by atoms with van der Waals surface area (Å²) >= 11 is 0. The number of ketones is 3. The van der Waals surface area contributed by atoms with E-state index in [1.165, 1.54) is 4.90 Å². The molecule has 1 N–H and O–H groups in total. The molecule has 0 unspecified atom stereocenters. The van der Waals surface area contributed by atoms with Crippen LogP contribution in [0.25, 0.3) is 0 Å². The van der Waals surface area contributed by atoms with Gasteiger partial charge < -0.3 is 10.2 Å². The smallest absolute Gasteiger partial charge is 0.317 e. The highest BCUT2D eigenvalue weighted by Crippen LogP contribution is 2.20. The van der Waals surface area contributed by atoms with Crippen molar-refractivity contribution in [2.24, 2.45) is 5.92 Å². The number of Topliss-reactive ketones (excluding diaryl/α,β-unsaturated/α-hetero) is 3. The van der Waals surface area contributed by atoms with Gasteiger partial charge in [-0.2, -0.15) is 0 Å². The van der Waals surface area contributed by atoms with Crippen LogP contribution < -0.4 is 5.32 Å². The lowest BCUT2D eigenvalue weighted by Gasteiger charge is -2.27. The molecule has 6 nitrogen and oxygen atoms in total. The average molecular weight is 254 g/mol. The number of hydrogen-bond donors (Lipinski definition) is 1. The third kappa shape index (κ3) is 3.15. The standard InChI is InChI=1S/C12H18N2O4/c1-4-8(15)11-9(16)5-7(6-10(11)17)13-12(18)14(2)3/h7,11H,4-6H2,1-3H3,(H,13,18). The molecule has 18 heavy (non-hydrogen) atoms. The highest BCUT2D eigenvalue weighted by molar-refractivity contribution is 6.20. The fourth-order valence-corrected chi connectivity index (χ4v) is 1.94. The Morgan fingerprint density at radius 1 is 1.22 bits per heavy atom. The maximum atomic E-state index is 11.8. The zero-order chi connectivity index (χ0) is 13.9. The van der Waals surface area contributed by atoms with E-state index in [0.717, 1.165) is 0 Å². The Balaban J connectivity index is 2.68. The van der Waals surface area contributed by atoms with E-state index in [1.54, 1.807) is 21.0 Å². The molecule has 0 aromatic carbocycles. The van der Waals surface area contributed by atoms with Crippen LogP contribution in [0.1, 0.15) is 26.2 Å². The summed E-state index contributed by atoms with van der Waals surface area (Å²) in [5.41, 5.74) is 0. The molecule has 1 aliphatic rings. The van der Waals surface area contributed by atoms with Gasteiger partial charge in [-0.05, 0) is 0 Å². The monoisotopic (exact) mass is 254 g/mol. The predicted molar refractivity (Wildman–Crippen MR) is 64.0 cm³/mol. The van der Waals surface area contributed by atoms with Gasteiger partial charge in [-0.15, -0.1) is 0 Å². The van der Waals surface area contributed by atoms with Gasteiger partial charge in [-0.1, -0.05) is 6.92 Å². The Hall–Kier alpha value is -1.72. The van der Waals surface area contributed by atoms with Gasteiger partial charge in [0.2, 0.25) is 0 Å². The quantitative estimate of drug-likeness (QED) is 0.727. The SMILES string of the molecule is CCC(=O)C1C(=O)CC(NC(=O)N(C)C)CC1=O. The van der Waals surface area contributed by atoms with E-state index in [0.29, 0.717) is 0 Å². The Bertz CT molecular complexity index is 372. The Morgan fingerprint density at radius 2 is 1.72 bits per heavy atom. The minimum absolute atomic E-state index is 0.0434. The normalized spacial score (nSPS) is 23.7. The number of urea groups is 1. The summed E-state index contributed by atoms with van der Waals surface area (Å²) in [5.74, 6) is -2.21. The Morgan fingerprint density at radius 3 is 2.11 bits per heavy atom. The summed E-state index contributed by atoms with van der Waals surface area (Å²) < 4.78 is 0. The molecule has 1 rings (SSSR count). The maximum absolute atomic E-state index is 11.8. The van der Waals surface area contributed by atoms with Crippen LogP contribution in [0, 0.1) is 5.92 Å². The molecule has 6 heteroatoms. The predicted octanol–water partition coefficient (Wildman–Crippen LogP) is 0.154. The second kappa shape index (κ2) is 5.75. The first-order valence-electron chi connectivity index (χ1n) is 5.92. The van der Waals surface area contributed by atoms with Gasteiger partial charge in [0.25, 0.3) is 0 Å². The molecule has 0 aromatic rings. The highest BCUT2D eigenvalue weighted by atomic mass is 16.2. The van der Waals surface area contributed by atoms with E-state index in [9.17, 15) is 19.2 Å². The molecule has 1 saturated carbocycles. The molecule has 1 fully saturated rings. The van der Waals surface area contributed by atoms with Crippen LogP contribution in [0.4, 0.5) is 4.79 Å². The minimum atomic E-state index is -1.11. The highest BCUT2D eigenvalue weighted by Gasteiger charge is 2.39. The van der Waals surface area contributed by atoms with Crippen LogP contribution in [0.3, 0.4) is 0 Å². The van der Waals surface area contributed by atoms with Crippen molar-refractivity contribution in [3.63, 3.8) is 0 Å². The van der Waals surface area contributed by atoms with E-state index >= 15 is 0 Å². The summed E-state index contributed by atoms with van der Waals surface area (Å²) in [5, 5.41) is 2.59. The van der Waals surface area contributed by atoms with Gasteiger partial charge in [0.05, 0.1) is 0 Å². The lowest BCUT2D eigenvalue weighted by Crippen LogP contribution is -2.49. The molecular formula is C12H18N2O4. The summed E-state index contributed by atoms with van der Waals surface area (Å²) in [6.07, 6.45) is 0.264. The molecule has 2 amide bonds. The van der Waals surface area contributed by atoms with E-state index < -0.39 is 12.0 Å². The van der Waals surface area contributed by atoms with E-state index in [1.807, 2.05) is 0 Å². The van der Waals surface area contributed by atoms with Gasteiger partial charge in [-0.3, -0.25) is 14.4 Å². The largest absolute Gasteiger partial charge is 0.334 e. The van der Waals surface area contributed by atoms with E-state index in [2.05, 4.69) is 5.32 Å². The Kier molecular flexibility index (Phi) is 4.58. The van der Waals surface area contributed by atoms with E-state index in [-0.39, 0.29) is 42.6 Å². The molecule has 0 saturated heterocycles. The van der Waals surface area contributed by atoms with Crippen LogP contribution in [-0.4, -0.2) is 48.4 Å². The third-order valence-electron chi connectivity index (χ3n) is 2.94. The second-order valence-corrected chi connectivity index (χ2v) is 4.63. The van der Waals surface area contributed by atoms with Crippen molar-refractivity contribution in [2.75, 3.05) is 14.1 Å². The second-order valence-electron chi connectivity index (χ2n) is 4.63. The molecular weight excluding hydrogens is 236 g/mol. The number of rotatable bonds is 3. The molecule has 0 aliphatic heterocycles. The van der Waals surface area contributed by atoms with Crippen molar-refractivity contribution in [1.82, 2.24) is 10.2 Å². The zero-order valence-electron chi connectivity index (χ0n) is 10.9. The zero-order valence-corrected chi connectivity index (χ0v) is 10.9. The van der Waals surface area contributed by atoms with Gasteiger partial charge in [0.1, 0.15) is 5.92 Å². The van der Waals surface area contributed by atoms with Gasteiger partial charge in [0, 0.05) is 39.4 Å². The van der Waals surface area contributed by atoms with Crippen LogP contribution >= 0.6 is 0 Å². The first-order valence-corrected chi connectivity index (χ1v) is 5.92. The van der Waals surface area contributed by atoms with Crippen molar-refractivity contribution in [2.45, 2.75) is 32.2 Å². The number of nitrogens with zero attached hydrogens (tertiary/aromatic N) is 1. The number of carbonyl (C=O) groups is 4. The number of carbonyl (C=O) groups excluding carboxylic acids is 4. The molecule has 0 spiro atoms. The minimum Gasteiger partial charge on any atom is -0.334 e. The third-order valence-corrected chi connectivity index (χ3v) is 2.94. The van der Waals surface area contributed by atoms with Crippen LogP contribution in [0.2, 0.25) is 0 Å². The molecule has 0 bridgehead atoms. The summed E-state index contributed by atoms with van der Waals surface area (Å²) in [4.78, 5) is 47.8. The lowest BCUT2D eigenvalue weighted by molar-refractivity contribution is -0.142. The number of amides is 2. The molecule has 100 valence electrons. The summed E-state index contributed by atoms with van der Waals surface area (Å²) in [7, 11) is 3.15. The van der Waals surface area contributed by atoms with Gasteiger partial charge in [0.15, 0.2) is 17.3 Å². The van der Waals surface area contributed by atoms with Crippen LogP contribution in [-0.2, 0) is 14.4 Å². The fraction of sp³-hybridized carbons (Fsp3) is 0.667. The molecule has 0 radical (unpaired) electrons. The first kappa shape index (κ1) is 14.3. The fourth-order valence-electron chi connectivity index (χ4n) is 1.94. The van der Waals surface area contributed by atoms with Gasteiger partial charge >= 0.3 is 6.03 Å². The summed E-state index contributed by atoms with van der Waals surface area (Å²) in [6, 6.07) is -0.846. The van der Waals surface area contributed by atoms with Crippen molar-refractivity contribution in [3.8, 4) is 0 Å². The molecule has 0 atom stereocenters. The van der Waals surface area contributed by atoms with Gasteiger partial charge in [-0.25, -0.2) is 4.79 Å². The molecule has 0 aromatic heterocycles. The lowest BCUT2D eigenvalue weighted by atomic mass is 9.80. The van der Waals surface area contributed by atoms with Crippen LogP contribution in [0.15, 0.2) is 0 Å². The van der Waals surface area contributed by atoms with Crippen LogP contribution in [0.5, 0.6) is 0 Å². The van der Waals surface area contributed by atoms with Crippen molar-refractivity contribution in [3.05, 3.63) is 0 Å². The maximum Gasteiger partial charge on any atom is 0.317 e. The number of nitrogens with one attached hydrogen (secondary N) is 1. The van der Waals surface area contributed by atoms with Crippen molar-refractivity contribution in [1.29, 1.82) is 0 Å². The van der Waals surface area contributed by atoms with Crippen molar-refractivity contribution >= 4 is 23.4 Å². The first-order chi connectivity index (χ1) is 8.36. The van der Waals surface area contributed by atoms with Crippen molar-refractivity contribution < 1.29 is 19.2 Å². The molecule has 0 heterocycles. The Labute approximate surface area is 106 Å². The van der Waals surface area contributed by atoms with E-state index in [4.69, 9.17) is 0 Å². The average Bonchev–Trinajstić information content (AvgIpc) is 2.27. The topological polar surface area (TPSA) is 83.6 Å². The number of hydrogen-bond acceptors (Lipinski definition) is 4.